The van der Waals surface area contributed by atoms with E-state index in [0.29, 0.717) is 23.9 Å². The highest BCUT2D eigenvalue weighted by atomic mass is 35.5. The van der Waals surface area contributed by atoms with Crippen LogP contribution >= 0.6 is 11.6 Å². The Balaban J connectivity index is 1.92. The molecular formula is C16H18ClN3O2. The Morgan fingerprint density at radius 3 is 2.73 bits per heavy atom. The number of nitrogens with zero attached hydrogens (tertiary/aromatic N) is 2. The smallest absolute Gasteiger partial charge is 0.317 e. The minimum absolute atomic E-state index is 0.159. The Hall–Kier alpha value is -2.27. The molecule has 2 aromatic rings. The second kappa shape index (κ2) is 7.66. The van der Waals surface area contributed by atoms with E-state index in [1.807, 2.05) is 18.2 Å². The van der Waals surface area contributed by atoms with E-state index in [4.69, 9.17) is 16.3 Å². The molecule has 0 radical (unpaired) electrons. The van der Waals surface area contributed by atoms with Crippen molar-refractivity contribution in [3.05, 3.63) is 58.9 Å². The molecule has 0 saturated carbocycles. The quantitative estimate of drug-likeness (QED) is 0.921. The summed E-state index contributed by atoms with van der Waals surface area (Å²) in [5.41, 5.74) is 1.90. The molecule has 0 fully saturated rings. The van der Waals surface area contributed by atoms with Crippen molar-refractivity contribution in [1.82, 2.24) is 15.2 Å². The van der Waals surface area contributed by atoms with Crippen molar-refractivity contribution in [2.24, 2.45) is 0 Å². The summed E-state index contributed by atoms with van der Waals surface area (Å²) in [5, 5.41) is 3.46. The Morgan fingerprint density at radius 2 is 2.05 bits per heavy atom. The van der Waals surface area contributed by atoms with Gasteiger partial charge in [-0.05, 0) is 29.8 Å². The van der Waals surface area contributed by atoms with Crippen molar-refractivity contribution in [2.75, 3.05) is 14.2 Å². The van der Waals surface area contributed by atoms with E-state index in [2.05, 4.69) is 10.3 Å². The summed E-state index contributed by atoms with van der Waals surface area (Å²) >= 11 is 5.92. The molecule has 0 unspecified atom stereocenters. The maximum Gasteiger partial charge on any atom is 0.317 e. The van der Waals surface area contributed by atoms with Crippen LogP contribution in [0.2, 0.25) is 5.02 Å². The van der Waals surface area contributed by atoms with Crippen LogP contribution in [-0.2, 0) is 13.1 Å². The Morgan fingerprint density at radius 1 is 1.32 bits per heavy atom. The Kier molecular flexibility index (Phi) is 5.61. The number of amides is 2. The van der Waals surface area contributed by atoms with E-state index >= 15 is 0 Å². The van der Waals surface area contributed by atoms with E-state index in [0.717, 1.165) is 11.1 Å². The molecule has 0 aliphatic rings. The number of urea groups is 1. The van der Waals surface area contributed by atoms with Gasteiger partial charge in [0.05, 0.1) is 7.11 Å². The third-order valence-electron chi connectivity index (χ3n) is 3.19. The van der Waals surface area contributed by atoms with Gasteiger partial charge in [0.1, 0.15) is 5.75 Å². The second-order valence-electron chi connectivity index (χ2n) is 4.83. The van der Waals surface area contributed by atoms with Gasteiger partial charge in [-0.3, -0.25) is 4.98 Å². The highest BCUT2D eigenvalue weighted by molar-refractivity contribution is 6.30. The van der Waals surface area contributed by atoms with Crippen LogP contribution in [0.4, 0.5) is 4.79 Å². The highest BCUT2D eigenvalue weighted by Gasteiger charge is 2.10. The molecular weight excluding hydrogens is 302 g/mol. The lowest BCUT2D eigenvalue weighted by molar-refractivity contribution is 0.206. The Bertz CT molecular complexity index is 635. The van der Waals surface area contributed by atoms with Crippen molar-refractivity contribution < 1.29 is 9.53 Å². The van der Waals surface area contributed by atoms with Crippen molar-refractivity contribution in [1.29, 1.82) is 0 Å². The topological polar surface area (TPSA) is 54.5 Å². The zero-order valence-electron chi connectivity index (χ0n) is 12.5. The molecule has 1 N–H and O–H groups in total. The molecule has 6 heteroatoms. The van der Waals surface area contributed by atoms with Crippen LogP contribution in [0.1, 0.15) is 11.1 Å². The molecule has 116 valence electrons. The summed E-state index contributed by atoms with van der Waals surface area (Å²) in [6.07, 6.45) is 3.42. The minimum Gasteiger partial charge on any atom is -0.496 e. The molecule has 2 rings (SSSR count). The molecule has 1 heterocycles. The van der Waals surface area contributed by atoms with Crippen LogP contribution in [0.5, 0.6) is 5.75 Å². The number of benzene rings is 1. The van der Waals surface area contributed by atoms with Gasteiger partial charge in [-0.15, -0.1) is 0 Å². The van der Waals surface area contributed by atoms with E-state index in [1.54, 1.807) is 43.6 Å². The summed E-state index contributed by atoms with van der Waals surface area (Å²) < 4.78 is 5.26. The van der Waals surface area contributed by atoms with Gasteiger partial charge in [-0.1, -0.05) is 17.7 Å². The number of hydrogen-bond acceptors (Lipinski definition) is 3. The van der Waals surface area contributed by atoms with Crippen LogP contribution in [0, 0.1) is 0 Å². The summed E-state index contributed by atoms with van der Waals surface area (Å²) in [6.45, 7) is 0.895. The van der Waals surface area contributed by atoms with Gasteiger partial charge in [-0.2, -0.15) is 0 Å². The zero-order chi connectivity index (χ0) is 15.9. The predicted molar refractivity (Wildman–Crippen MR) is 85.9 cm³/mol. The third kappa shape index (κ3) is 4.36. The Labute approximate surface area is 134 Å². The molecule has 1 aromatic carbocycles. The van der Waals surface area contributed by atoms with Crippen LogP contribution < -0.4 is 10.1 Å². The number of nitrogens with one attached hydrogen (secondary N) is 1. The lowest BCUT2D eigenvalue weighted by Gasteiger charge is -2.18. The number of hydrogen-bond donors (Lipinski definition) is 1. The first kappa shape index (κ1) is 16.1. The maximum atomic E-state index is 12.1. The van der Waals surface area contributed by atoms with Gasteiger partial charge in [0.15, 0.2) is 0 Å². The van der Waals surface area contributed by atoms with Crippen molar-refractivity contribution >= 4 is 17.6 Å². The highest BCUT2D eigenvalue weighted by Crippen LogP contribution is 2.22. The van der Waals surface area contributed by atoms with Gasteiger partial charge in [0.2, 0.25) is 0 Å². The fourth-order valence-corrected chi connectivity index (χ4v) is 2.17. The first-order valence-corrected chi connectivity index (χ1v) is 7.18. The van der Waals surface area contributed by atoms with Gasteiger partial charge in [0, 0.05) is 43.1 Å². The van der Waals surface area contributed by atoms with E-state index < -0.39 is 0 Å². The monoisotopic (exact) mass is 319 g/mol. The van der Waals surface area contributed by atoms with Crippen LogP contribution in [0.3, 0.4) is 0 Å². The van der Waals surface area contributed by atoms with E-state index in [1.165, 1.54) is 0 Å². The number of aromatic nitrogens is 1. The molecule has 1 aromatic heterocycles. The van der Waals surface area contributed by atoms with Gasteiger partial charge < -0.3 is 15.0 Å². The van der Waals surface area contributed by atoms with Gasteiger partial charge in [-0.25, -0.2) is 4.79 Å². The first-order chi connectivity index (χ1) is 10.6. The number of carbonyl (C=O) groups excluding carboxylic acids is 1. The molecule has 0 atom stereocenters. The molecule has 0 aliphatic carbocycles. The molecule has 0 spiro atoms. The van der Waals surface area contributed by atoms with Gasteiger partial charge in [0.25, 0.3) is 0 Å². The number of pyridine rings is 1. The first-order valence-electron chi connectivity index (χ1n) is 6.80. The van der Waals surface area contributed by atoms with Crippen LogP contribution in [-0.4, -0.2) is 30.1 Å². The fraction of sp³-hybridized carbons (Fsp3) is 0.250. The number of carbonyl (C=O) groups is 1. The molecule has 5 nitrogen and oxygen atoms in total. The van der Waals surface area contributed by atoms with Crippen molar-refractivity contribution in [3.8, 4) is 5.75 Å². The number of halogens is 1. The molecule has 2 amide bonds. The lowest BCUT2D eigenvalue weighted by atomic mass is 10.2. The summed E-state index contributed by atoms with van der Waals surface area (Å²) in [4.78, 5) is 17.7. The largest absolute Gasteiger partial charge is 0.496 e. The fourth-order valence-electron chi connectivity index (χ4n) is 2.00. The predicted octanol–water partition coefficient (Wildman–Crippen LogP) is 3.09. The van der Waals surface area contributed by atoms with Crippen LogP contribution in [0.25, 0.3) is 0 Å². The normalized spacial score (nSPS) is 10.1. The molecule has 0 bridgehead atoms. The second-order valence-corrected chi connectivity index (χ2v) is 5.26. The lowest BCUT2D eigenvalue weighted by Crippen LogP contribution is -2.36. The summed E-state index contributed by atoms with van der Waals surface area (Å²) in [7, 11) is 3.32. The minimum atomic E-state index is -0.159. The van der Waals surface area contributed by atoms with E-state index in [-0.39, 0.29) is 6.03 Å². The van der Waals surface area contributed by atoms with Crippen molar-refractivity contribution in [3.63, 3.8) is 0 Å². The van der Waals surface area contributed by atoms with Gasteiger partial charge >= 0.3 is 6.03 Å². The van der Waals surface area contributed by atoms with E-state index in [9.17, 15) is 4.79 Å². The SMILES string of the molecule is COc1cc(Cl)ccc1CNC(=O)N(C)Cc1ccncc1. The average Bonchev–Trinajstić information content (AvgIpc) is 2.54. The van der Waals surface area contributed by atoms with Crippen LogP contribution in [0.15, 0.2) is 42.7 Å². The molecule has 0 aliphatic heterocycles. The number of ether oxygens (including phenoxy) is 1. The number of rotatable bonds is 5. The van der Waals surface area contributed by atoms with Crippen molar-refractivity contribution in [2.45, 2.75) is 13.1 Å². The summed E-state index contributed by atoms with van der Waals surface area (Å²) in [6, 6.07) is 8.94. The summed E-state index contributed by atoms with van der Waals surface area (Å²) in [5.74, 6) is 0.657. The standard InChI is InChI=1S/C16H18ClN3O2/c1-20(11-12-5-7-18-8-6-12)16(21)19-10-13-3-4-14(17)9-15(13)22-2/h3-9H,10-11H2,1-2H3,(H,19,21). The third-order valence-corrected chi connectivity index (χ3v) is 3.43. The number of methoxy groups -OCH3 is 1. The molecule has 22 heavy (non-hydrogen) atoms. The average molecular weight is 320 g/mol. The molecule has 0 saturated heterocycles. The zero-order valence-corrected chi connectivity index (χ0v) is 13.3. The maximum absolute atomic E-state index is 12.1.